The van der Waals surface area contributed by atoms with Crippen LogP contribution in [0, 0.1) is 0 Å². The molecule has 0 fully saturated rings. The molecule has 0 aliphatic heterocycles. The summed E-state index contributed by atoms with van der Waals surface area (Å²) < 4.78 is 5.83. The van der Waals surface area contributed by atoms with Gasteiger partial charge < -0.3 is 15.8 Å². The molecule has 1 amide bonds. The van der Waals surface area contributed by atoms with Crippen LogP contribution in [0.25, 0.3) is 0 Å². The number of nitrogens with two attached hydrogens (primary N) is 1. The molecule has 5 heteroatoms. The zero-order chi connectivity index (χ0) is 16.9. The quantitative estimate of drug-likeness (QED) is 0.660. The largest absolute Gasteiger partial charge is 0.455 e. The van der Waals surface area contributed by atoms with Gasteiger partial charge in [0.15, 0.2) is 5.75 Å². The fraction of sp³-hybridized carbons (Fsp3) is 0. The molecular formula is C19H15ClN2O2. The number of para-hydroxylation sites is 3. The zero-order valence-corrected chi connectivity index (χ0v) is 13.5. The molecule has 120 valence electrons. The summed E-state index contributed by atoms with van der Waals surface area (Å²) in [5.74, 6) is 0.864. The molecule has 0 aromatic heterocycles. The van der Waals surface area contributed by atoms with Crippen molar-refractivity contribution in [1.82, 2.24) is 0 Å². The smallest absolute Gasteiger partial charge is 0.257 e. The predicted molar refractivity (Wildman–Crippen MR) is 96.8 cm³/mol. The number of hydrogen-bond acceptors (Lipinski definition) is 3. The first-order valence-corrected chi connectivity index (χ1v) is 7.69. The number of carbonyl (C=O) groups is 1. The van der Waals surface area contributed by atoms with Gasteiger partial charge >= 0.3 is 0 Å². The molecule has 0 atom stereocenters. The Hall–Kier alpha value is -2.98. The van der Waals surface area contributed by atoms with Gasteiger partial charge in [-0.2, -0.15) is 0 Å². The van der Waals surface area contributed by atoms with Gasteiger partial charge in [0.05, 0.1) is 11.3 Å². The number of nitrogen functional groups attached to an aromatic ring is 1. The van der Waals surface area contributed by atoms with Gasteiger partial charge in [-0.25, -0.2) is 0 Å². The molecule has 0 heterocycles. The zero-order valence-electron chi connectivity index (χ0n) is 12.7. The summed E-state index contributed by atoms with van der Waals surface area (Å²) in [5, 5.41) is 3.46. The number of rotatable bonds is 4. The van der Waals surface area contributed by atoms with Crippen LogP contribution in [0.1, 0.15) is 10.4 Å². The molecule has 0 unspecified atom stereocenters. The Morgan fingerprint density at radius 3 is 2.33 bits per heavy atom. The molecular weight excluding hydrogens is 324 g/mol. The maximum atomic E-state index is 12.4. The van der Waals surface area contributed by atoms with E-state index in [1.165, 1.54) is 0 Å². The average molecular weight is 339 g/mol. The first-order valence-electron chi connectivity index (χ1n) is 7.32. The third-order valence-electron chi connectivity index (χ3n) is 3.38. The molecule has 3 N–H and O–H groups in total. The highest BCUT2D eigenvalue weighted by Gasteiger charge is 2.12. The van der Waals surface area contributed by atoms with Gasteiger partial charge in [-0.05, 0) is 48.5 Å². The summed E-state index contributed by atoms with van der Waals surface area (Å²) >= 11 is 5.87. The van der Waals surface area contributed by atoms with Crippen LogP contribution in [0.2, 0.25) is 5.02 Å². The molecule has 3 aromatic carbocycles. The number of nitrogens with one attached hydrogen (secondary N) is 1. The number of halogens is 1. The SMILES string of the molecule is Nc1ccccc1C(=O)Nc1ccccc1Oc1ccc(Cl)cc1. The van der Waals surface area contributed by atoms with Crippen LogP contribution < -0.4 is 15.8 Å². The van der Waals surface area contributed by atoms with E-state index in [2.05, 4.69) is 5.32 Å². The van der Waals surface area contributed by atoms with E-state index in [0.29, 0.717) is 33.5 Å². The molecule has 0 bridgehead atoms. The maximum Gasteiger partial charge on any atom is 0.257 e. The lowest BCUT2D eigenvalue weighted by Crippen LogP contribution is -2.14. The van der Waals surface area contributed by atoms with Crippen molar-refractivity contribution in [3.63, 3.8) is 0 Å². The second kappa shape index (κ2) is 7.06. The number of amides is 1. The van der Waals surface area contributed by atoms with Crippen LogP contribution in [0.3, 0.4) is 0 Å². The molecule has 4 nitrogen and oxygen atoms in total. The van der Waals surface area contributed by atoms with Crippen molar-refractivity contribution in [2.75, 3.05) is 11.1 Å². The highest BCUT2D eigenvalue weighted by molar-refractivity contribution is 6.30. The monoisotopic (exact) mass is 338 g/mol. The fourth-order valence-electron chi connectivity index (χ4n) is 2.18. The first kappa shape index (κ1) is 15.9. The van der Waals surface area contributed by atoms with Crippen LogP contribution in [-0.4, -0.2) is 5.91 Å². The topological polar surface area (TPSA) is 64.4 Å². The minimum atomic E-state index is -0.291. The van der Waals surface area contributed by atoms with Crippen molar-refractivity contribution < 1.29 is 9.53 Å². The van der Waals surface area contributed by atoms with Crippen LogP contribution in [0.5, 0.6) is 11.5 Å². The normalized spacial score (nSPS) is 10.2. The van der Waals surface area contributed by atoms with Gasteiger partial charge in [-0.3, -0.25) is 4.79 Å². The summed E-state index contributed by atoms with van der Waals surface area (Å²) in [7, 11) is 0. The summed E-state index contributed by atoms with van der Waals surface area (Å²) in [6.07, 6.45) is 0. The Morgan fingerprint density at radius 2 is 1.58 bits per heavy atom. The predicted octanol–water partition coefficient (Wildman–Crippen LogP) is 4.97. The van der Waals surface area contributed by atoms with Crippen LogP contribution in [-0.2, 0) is 0 Å². The van der Waals surface area contributed by atoms with Crippen molar-refractivity contribution in [1.29, 1.82) is 0 Å². The van der Waals surface area contributed by atoms with Crippen LogP contribution in [0.15, 0.2) is 72.8 Å². The standard InChI is InChI=1S/C19H15ClN2O2/c20-13-9-11-14(12-10-13)24-18-8-4-3-7-17(18)22-19(23)15-5-1-2-6-16(15)21/h1-12H,21H2,(H,22,23). The lowest BCUT2D eigenvalue weighted by atomic mass is 10.1. The third-order valence-corrected chi connectivity index (χ3v) is 3.63. The Bertz CT molecular complexity index is 863. The summed E-state index contributed by atoms with van der Waals surface area (Å²) in [4.78, 5) is 12.4. The second-order valence-electron chi connectivity index (χ2n) is 5.09. The van der Waals surface area contributed by atoms with E-state index in [4.69, 9.17) is 22.1 Å². The molecule has 0 aliphatic carbocycles. The minimum absolute atomic E-state index is 0.291. The van der Waals surface area contributed by atoms with E-state index in [1.807, 2.05) is 12.1 Å². The Labute approximate surface area is 144 Å². The van der Waals surface area contributed by atoms with E-state index in [9.17, 15) is 4.79 Å². The first-order chi connectivity index (χ1) is 11.6. The Balaban J connectivity index is 1.83. The lowest BCUT2D eigenvalue weighted by Gasteiger charge is -2.13. The number of anilines is 2. The molecule has 0 spiro atoms. The van der Waals surface area contributed by atoms with Crippen molar-refractivity contribution in [3.05, 3.63) is 83.4 Å². The summed E-state index contributed by atoms with van der Waals surface area (Å²) in [5.41, 5.74) is 7.24. The Kier molecular flexibility index (Phi) is 4.68. The van der Waals surface area contributed by atoms with E-state index in [0.717, 1.165) is 0 Å². The number of benzene rings is 3. The molecule has 3 rings (SSSR count). The van der Waals surface area contributed by atoms with E-state index < -0.39 is 0 Å². The van der Waals surface area contributed by atoms with Crippen LogP contribution >= 0.6 is 11.6 Å². The summed E-state index contributed by atoms with van der Waals surface area (Å²) in [6, 6.07) is 21.1. The average Bonchev–Trinajstić information content (AvgIpc) is 2.59. The molecule has 3 aromatic rings. The highest BCUT2D eigenvalue weighted by atomic mass is 35.5. The number of hydrogen-bond donors (Lipinski definition) is 2. The third kappa shape index (κ3) is 3.67. The molecule has 0 aliphatic rings. The van der Waals surface area contributed by atoms with Crippen molar-refractivity contribution >= 4 is 28.9 Å². The van der Waals surface area contributed by atoms with Crippen molar-refractivity contribution in [2.24, 2.45) is 0 Å². The van der Waals surface area contributed by atoms with Gasteiger partial charge in [-0.15, -0.1) is 0 Å². The van der Waals surface area contributed by atoms with Gasteiger partial charge in [0.1, 0.15) is 5.75 Å². The summed E-state index contributed by atoms with van der Waals surface area (Å²) in [6.45, 7) is 0. The van der Waals surface area contributed by atoms with Gasteiger partial charge in [0.2, 0.25) is 0 Å². The minimum Gasteiger partial charge on any atom is -0.455 e. The lowest BCUT2D eigenvalue weighted by molar-refractivity contribution is 0.102. The van der Waals surface area contributed by atoms with E-state index in [1.54, 1.807) is 60.7 Å². The van der Waals surface area contributed by atoms with Crippen molar-refractivity contribution in [2.45, 2.75) is 0 Å². The Morgan fingerprint density at radius 1 is 0.917 bits per heavy atom. The fourth-order valence-corrected chi connectivity index (χ4v) is 2.31. The number of ether oxygens (including phenoxy) is 1. The number of carbonyl (C=O) groups excluding carboxylic acids is 1. The highest BCUT2D eigenvalue weighted by Crippen LogP contribution is 2.30. The van der Waals surface area contributed by atoms with Crippen molar-refractivity contribution in [3.8, 4) is 11.5 Å². The molecule has 0 saturated heterocycles. The molecule has 24 heavy (non-hydrogen) atoms. The second-order valence-corrected chi connectivity index (χ2v) is 5.53. The van der Waals surface area contributed by atoms with Gasteiger partial charge in [-0.1, -0.05) is 35.9 Å². The molecule has 0 saturated carbocycles. The van der Waals surface area contributed by atoms with E-state index in [-0.39, 0.29) is 5.91 Å². The van der Waals surface area contributed by atoms with E-state index >= 15 is 0 Å². The maximum absolute atomic E-state index is 12.4. The molecule has 0 radical (unpaired) electrons. The van der Waals surface area contributed by atoms with Gasteiger partial charge in [0, 0.05) is 10.7 Å². The van der Waals surface area contributed by atoms with Gasteiger partial charge in [0.25, 0.3) is 5.91 Å². The van der Waals surface area contributed by atoms with Crippen LogP contribution in [0.4, 0.5) is 11.4 Å².